The Balaban J connectivity index is 2.75. The zero-order valence-corrected chi connectivity index (χ0v) is 10.4. The third kappa shape index (κ3) is 3.65. The molecule has 0 unspecified atom stereocenters. The molecule has 1 aromatic carbocycles. The number of hydrogen-bond acceptors (Lipinski definition) is 5. The minimum Gasteiger partial charge on any atom is -0.297 e. The van der Waals surface area contributed by atoms with Crippen LogP contribution in [-0.2, 0) is 0 Å². The highest BCUT2D eigenvalue weighted by molar-refractivity contribution is 6.35. The summed E-state index contributed by atoms with van der Waals surface area (Å²) in [5.74, 6) is -0.267. The van der Waals surface area contributed by atoms with Gasteiger partial charge in [-0.3, -0.25) is 19.9 Å². The van der Waals surface area contributed by atoms with Crippen LogP contribution in [0.15, 0.2) is 29.4 Å². The summed E-state index contributed by atoms with van der Waals surface area (Å²) in [5, 5.41) is 16.2. The van der Waals surface area contributed by atoms with E-state index >= 15 is 0 Å². The van der Waals surface area contributed by atoms with Gasteiger partial charge in [0.05, 0.1) is 11.1 Å². The van der Waals surface area contributed by atoms with E-state index < -0.39 is 4.92 Å². The number of non-ortho nitro benzene ring substituents is 1. The Bertz CT molecular complexity index is 450. The summed E-state index contributed by atoms with van der Waals surface area (Å²) in [6.45, 7) is 5.33. The van der Waals surface area contributed by atoms with Crippen molar-refractivity contribution in [3.05, 3.63) is 39.9 Å². The summed E-state index contributed by atoms with van der Waals surface area (Å²) >= 11 is 0. The Hall–Kier alpha value is -2.24. The van der Waals surface area contributed by atoms with Crippen molar-refractivity contribution in [3.8, 4) is 0 Å². The molecule has 0 atom stereocenters. The zero-order valence-electron chi connectivity index (χ0n) is 10.4. The number of nitro groups is 1. The molecule has 6 nitrogen and oxygen atoms in total. The Morgan fingerprint density at radius 3 is 2.33 bits per heavy atom. The van der Waals surface area contributed by atoms with E-state index in [9.17, 15) is 14.9 Å². The standard InChI is InChI=1S/C12H15N3O3/c1-3-14(4-2)13-9-12(16)10-5-7-11(8-6-10)15(17)18/h5-9H,3-4H2,1-2H3. The number of hydrogen-bond donors (Lipinski definition) is 0. The lowest BCUT2D eigenvalue weighted by molar-refractivity contribution is -0.384. The number of rotatable bonds is 6. The van der Waals surface area contributed by atoms with Crippen molar-refractivity contribution in [1.82, 2.24) is 5.01 Å². The van der Waals surface area contributed by atoms with Crippen LogP contribution >= 0.6 is 0 Å². The van der Waals surface area contributed by atoms with Gasteiger partial charge in [0.25, 0.3) is 5.69 Å². The van der Waals surface area contributed by atoms with E-state index in [2.05, 4.69) is 5.10 Å². The summed E-state index contributed by atoms with van der Waals surface area (Å²) in [6.07, 6.45) is 1.23. The Morgan fingerprint density at radius 1 is 1.33 bits per heavy atom. The van der Waals surface area contributed by atoms with Crippen LogP contribution < -0.4 is 0 Å². The summed E-state index contributed by atoms with van der Waals surface area (Å²) in [7, 11) is 0. The first-order valence-electron chi connectivity index (χ1n) is 5.66. The number of Topliss-reactive ketones (excluding diaryl/α,β-unsaturated/α-hetero) is 1. The molecule has 0 saturated heterocycles. The molecule has 0 heterocycles. The maximum atomic E-state index is 11.7. The SMILES string of the molecule is CCN(CC)N=CC(=O)c1ccc([N+](=O)[O-])cc1. The summed E-state index contributed by atoms with van der Waals surface area (Å²) < 4.78 is 0. The van der Waals surface area contributed by atoms with Crippen LogP contribution in [0.5, 0.6) is 0 Å². The highest BCUT2D eigenvalue weighted by Crippen LogP contribution is 2.11. The maximum Gasteiger partial charge on any atom is 0.269 e. The predicted octanol–water partition coefficient (Wildman–Crippen LogP) is 2.11. The quantitative estimate of drug-likeness (QED) is 0.335. The van der Waals surface area contributed by atoms with Gasteiger partial charge in [-0.1, -0.05) is 0 Å². The van der Waals surface area contributed by atoms with E-state index in [4.69, 9.17) is 0 Å². The van der Waals surface area contributed by atoms with E-state index in [1.165, 1.54) is 30.5 Å². The average Bonchev–Trinajstić information content (AvgIpc) is 2.39. The third-order valence-electron chi connectivity index (χ3n) is 2.43. The Kier molecular flexibility index (Phi) is 4.98. The normalized spacial score (nSPS) is 10.6. The fourth-order valence-electron chi connectivity index (χ4n) is 1.34. The molecule has 6 heteroatoms. The molecular formula is C12H15N3O3. The molecule has 0 amide bonds. The van der Waals surface area contributed by atoms with E-state index in [1.54, 1.807) is 5.01 Å². The fourth-order valence-corrected chi connectivity index (χ4v) is 1.34. The minimum atomic E-state index is -0.502. The van der Waals surface area contributed by atoms with Crippen LogP contribution in [0.25, 0.3) is 0 Å². The molecule has 18 heavy (non-hydrogen) atoms. The van der Waals surface area contributed by atoms with Crippen LogP contribution in [0, 0.1) is 10.1 Å². The number of nitrogens with zero attached hydrogens (tertiary/aromatic N) is 3. The lowest BCUT2D eigenvalue weighted by Gasteiger charge is -2.12. The van der Waals surface area contributed by atoms with Gasteiger partial charge >= 0.3 is 0 Å². The van der Waals surface area contributed by atoms with Gasteiger partial charge in [0.1, 0.15) is 0 Å². The Morgan fingerprint density at radius 2 is 1.89 bits per heavy atom. The average molecular weight is 249 g/mol. The van der Waals surface area contributed by atoms with Gasteiger partial charge in [0.15, 0.2) is 0 Å². The molecule has 1 rings (SSSR count). The lowest BCUT2D eigenvalue weighted by Crippen LogP contribution is -2.17. The number of benzene rings is 1. The molecule has 0 fully saturated rings. The maximum absolute atomic E-state index is 11.7. The second-order valence-electron chi connectivity index (χ2n) is 3.55. The van der Waals surface area contributed by atoms with E-state index in [0.29, 0.717) is 5.56 Å². The van der Waals surface area contributed by atoms with Crippen molar-refractivity contribution >= 4 is 17.7 Å². The van der Waals surface area contributed by atoms with E-state index in [-0.39, 0.29) is 11.5 Å². The molecule has 0 spiro atoms. The van der Waals surface area contributed by atoms with Crippen molar-refractivity contribution < 1.29 is 9.72 Å². The molecule has 0 radical (unpaired) electrons. The molecule has 0 saturated carbocycles. The molecular weight excluding hydrogens is 234 g/mol. The highest BCUT2D eigenvalue weighted by Gasteiger charge is 2.07. The van der Waals surface area contributed by atoms with Crippen molar-refractivity contribution in [2.24, 2.45) is 5.10 Å². The first-order valence-corrected chi connectivity index (χ1v) is 5.66. The van der Waals surface area contributed by atoms with Crippen LogP contribution in [0.1, 0.15) is 24.2 Å². The fraction of sp³-hybridized carbons (Fsp3) is 0.333. The second kappa shape index (κ2) is 6.48. The van der Waals surface area contributed by atoms with Gasteiger partial charge in [-0.25, -0.2) is 0 Å². The molecule has 0 aliphatic heterocycles. The van der Waals surface area contributed by atoms with E-state index in [1.807, 2.05) is 13.8 Å². The number of ketones is 1. The smallest absolute Gasteiger partial charge is 0.269 e. The van der Waals surface area contributed by atoms with Gasteiger partial charge < -0.3 is 0 Å². The van der Waals surface area contributed by atoms with Gasteiger partial charge in [-0.05, 0) is 26.0 Å². The van der Waals surface area contributed by atoms with Crippen molar-refractivity contribution in [2.45, 2.75) is 13.8 Å². The summed E-state index contributed by atoms with van der Waals surface area (Å²) in [6, 6.07) is 5.46. The first-order chi connectivity index (χ1) is 8.58. The zero-order chi connectivity index (χ0) is 13.5. The monoisotopic (exact) mass is 249 g/mol. The molecule has 0 aliphatic rings. The van der Waals surface area contributed by atoms with Gasteiger partial charge in [-0.15, -0.1) is 0 Å². The van der Waals surface area contributed by atoms with Crippen LogP contribution in [0.3, 0.4) is 0 Å². The number of hydrazone groups is 1. The van der Waals surface area contributed by atoms with E-state index in [0.717, 1.165) is 13.1 Å². The van der Waals surface area contributed by atoms with Gasteiger partial charge in [0, 0.05) is 30.8 Å². The summed E-state index contributed by atoms with van der Waals surface area (Å²) in [4.78, 5) is 21.7. The summed E-state index contributed by atoms with van der Waals surface area (Å²) in [5.41, 5.74) is 0.351. The molecule has 0 bridgehead atoms. The molecule has 1 aromatic rings. The largest absolute Gasteiger partial charge is 0.297 e. The number of nitro benzene ring substituents is 1. The molecule has 0 aromatic heterocycles. The first kappa shape index (κ1) is 13.8. The molecule has 96 valence electrons. The lowest BCUT2D eigenvalue weighted by atomic mass is 10.1. The molecule has 0 N–H and O–H groups in total. The van der Waals surface area contributed by atoms with Crippen LogP contribution in [-0.4, -0.2) is 35.0 Å². The van der Waals surface area contributed by atoms with Gasteiger partial charge in [0.2, 0.25) is 5.78 Å². The minimum absolute atomic E-state index is 0.0350. The predicted molar refractivity (Wildman–Crippen MR) is 68.8 cm³/mol. The highest BCUT2D eigenvalue weighted by atomic mass is 16.6. The van der Waals surface area contributed by atoms with Gasteiger partial charge in [-0.2, -0.15) is 5.10 Å². The topological polar surface area (TPSA) is 75.8 Å². The Labute approximate surface area is 105 Å². The van der Waals surface area contributed by atoms with Crippen molar-refractivity contribution in [3.63, 3.8) is 0 Å². The molecule has 0 aliphatic carbocycles. The van der Waals surface area contributed by atoms with Crippen molar-refractivity contribution in [2.75, 3.05) is 13.1 Å². The van der Waals surface area contributed by atoms with Crippen molar-refractivity contribution in [1.29, 1.82) is 0 Å². The number of carbonyl (C=O) groups is 1. The van der Waals surface area contributed by atoms with Crippen LogP contribution in [0.4, 0.5) is 5.69 Å². The second-order valence-corrected chi connectivity index (χ2v) is 3.55. The third-order valence-corrected chi connectivity index (χ3v) is 2.43. The number of carbonyl (C=O) groups excluding carboxylic acids is 1. The van der Waals surface area contributed by atoms with Crippen LogP contribution in [0.2, 0.25) is 0 Å².